The molecule has 20 heavy (non-hydrogen) atoms. The molecule has 0 saturated heterocycles. The van der Waals surface area contributed by atoms with Crippen LogP contribution in [0.3, 0.4) is 0 Å². The summed E-state index contributed by atoms with van der Waals surface area (Å²) >= 11 is 0. The van der Waals surface area contributed by atoms with E-state index in [2.05, 4.69) is 24.6 Å². The summed E-state index contributed by atoms with van der Waals surface area (Å²) in [6.45, 7) is 11.5. The molecule has 0 amide bonds. The van der Waals surface area contributed by atoms with E-state index in [4.69, 9.17) is 4.74 Å². The molecule has 0 bridgehead atoms. The van der Waals surface area contributed by atoms with Gasteiger partial charge in [0.25, 0.3) is 0 Å². The molecule has 0 aliphatic carbocycles. The highest BCUT2D eigenvalue weighted by Gasteiger charge is 2.26. The van der Waals surface area contributed by atoms with Crippen LogP contribution in [-0.2, 0) is 11.5 Å². The summed E-state index contributed by atoms with van der Waals surface area (Å²) in [5, 5.41) is 10.9. The van der Waals surface area contributed by atoms with Gasteiger partial charge in [-0.2, -0.15) is 0 Å². The predicted molar refractivity (Wildman–Crippen MR) is 81.2 cm³/mol. The van der Waals surface area contributed by atoms with Gasteiger partial charge in [0.1, 0.15) is 6.73 Å². The average molecular weight is 299 g/mol. The van der Waals surface area contributed by atoms with Crippen molar-refractivity contribution >= 4 is 8.07 Å². The minimum atomic E-state index is -1.09. The van der Waals surface area contributed by atoms with E-state index < -0.39 is 14.1 Å². The fourth-order valence-electron chi connectivity index (χ4n) is 1.79. The number of imidazole rings is 1. The zero-order chi connectivity index (χ0) is 15.3. The molecule has 0 aliphatic rings. The van der Waals surface area contributed by atoms with E-state index in [9.17, 15) is 10.1 Å². The lowest BCUT2D eigenvalue weighted by molar-refractivity contribution is -0.521. The Hall–Kier alpha value is -1.21. The molecule has 2 atom stereocenters. The van der Waals surface area contributed by atoms with Gasteiger partial charge in [-0.25, -0.2) is 4.98 Å². The standard InChI is InChI=1S/C13H25N3O3Si/c1-11(12(2)16(17)18)13-8-14-9-15(13)10-19-6-7-20(3,4)5/h8-9,11-12H,6-7,10H2,1-5H3. The molecule has 0 radical (unpaired) electrons. The first-order chi connectivity index (χ1) is 9.22. The van der Waals surface area contributed by atoms with Crippen LogP contribution in [0.5, 0.6) is 0 Å². The quantitative estimate of drug-likeness (QED) is 0.320. The van der Waals surface area contributed by atoms with Crippen LogP contribution in [0.15, 0.2) is 12.5 Å². The van der Waals surface area contributed by atoms with Gasteiger partial charge in [-0.15, -0.1) is 0 Å². The molecule has 6 nitrogen and oxygen atoms in total. The lowest BCUT2D eigenvalue weighted by Crippen LogP contribution is -2.25. The summed E-state index contributed by atoms with van der Waals surface area (Å²) < 4.78 is 7.53. The molecule has 1 aromatic rings. The number of hydrogen-bond acceptors (Lipinski definition) is 4. The molecule has 1 rings (SSSR count). The van der Waals surface area contributed by atoms with E-state index in [-0.39, 0.29) is 10.8 Å². The van der Waals surface area contributed by atoms with Crippen LogP contribution in [0.4, 0.5) is 0 Å². The third-order valence-corrected chi connectivity index (χ3v) is 5.20. The Morgan fingerprint density at radius 3 is 2.65 bits per heavy atom. The van der Waals surface area contributed by atoms with E-state index in [1.165, 1.54) is 0 Å². The summed E-state index contributed by atoms with van der Waals surface area (Å²) in [7, 11) is -1.09. The predicted octanol–water partition coefficient (Wildman–Crippen LogP) is 2.96. The maximum Gasteiger partial charge on any atom is 0.218 e. The highest BCUT2D eigenvalue weighted by molar-refractivity contribution is 6.76. The van der Waals surface area contributed by atoms with Crippen LogP contribution in [-0.4, -0.2) is 35.2 Å². The first-order valence-corrected chi connectivity index (χ1v) is 10.6. The van der Waals surface area contributed by atoms with Crippen molar-refractivity contribution in [3.05, 3.63) is 28.3 Å². The van der Waals surface area contributed by atoms with Gasteiger partial charge in [-0.1, -0.05) is 26.6 Å². The van der Waals surface area contributed by atoms with Crippen molar-refractivity contribution in [2.45, 2.75) is 58.2 Å². The molecule has 0 N–H and O–H groups in total. The zero-order valence-corrected chi connectivity index (χ0v) is 14.0. The maximum atomic E-state index is 10.9. The topological polar surface area (TPSA) is 70.2 Å². The molecule has 0 aliphatic heterocycles. The molecular weight excluding hydrogens is 274 g/mol. The van der Waals surface area contributed by atoms with Gasteiger partial charge in [0, 0.05) is 38.4 Å². The van der Waals surface area contributed by atoms with Crippen LogP contribution in [0, 0.1) is 10.1 Å². The molecule has 0 fully saturated rings. The maximum absolute atomic E-state index is 10.9. The van der Waals surface area contributed by atoms with E-state index in [0.29, 0.717) is 6.73 Å². The van der Waals surface area contributed by atoms with Crippen molar-refractivity contribution in [1.29, 1.82) is 0 Å². The van der Waals surface area contributed by atoms with Crippen LogP contribution in [0.2, 0.25) is 25.7 Å². The number of aromatic nitrogens is 2. The van der Waals surface area contributed by atoms with Crippen molar-refractivity contribution in [3.8, 4) is 0 Å². The number of hydrogen-bond donors (Lipinski definition) is 0. The van der Waals surface area contributed by atoms with Gasteiger partial charge in [-0.3, -0.25) is 10.1 Å². The van der Waals surface area contributed by atoms with Gasteiger partial charge >= 0.3 is 0 Å². The number of rotatable bonds is 8. The third-order valence-electron chi connectivity index (χ3n) is 3.49. The number of ether oxygens (including phenoxy) is 1. The van der Waals surface area contributed by atoms with Crippen LogP contribution < -0.4 is 0 Å². The Labute approximate surface area is 121 Å². The molecule has 1 aromatic heterocycles. The molecule has 7 heteroatoms. The van der Waals surface area contributed by atoms with Gasteiger partial charge in [0.2, 0.25) is 6.04 Å². The number of nitrogens with zero attached hydrogens (tertiary/aromatic N) is 3. The van der Waals surface area contributed by atoms with Gasteiger partial charge in [0.05, 0.1) is 12.2 Å². The summed E-state index contributed by atoms with van der Waals surface area (Å²) in [5.41, 5.74) is 0.849. The molecular formula is C13H25N3O3Si. The Morgan fingerprint density at radius 2 is 2.10 bits per heavy atom. The number of nitro groups is 1. The summed E-state index contributed by atoms with van der Waals surface area (Å²) in [6, 6.07) is 0.477. The molecule has 2 unspecified atom stereocenters. The zero-order valence-electron chi connectivity index (χ0n) is 13.0. The highest BCUT2D eigenvalue weighted by atomic mass is 28.3. The second kappa shape index (κ2) is 6.99. The second-order valence-corrected chi connectivity index (χ2v) is 12.1. The average Bonchev–Trinajstić information content (AvgIpc) is 2.79. The van der Waals surface area contributed by atoms with Crippen molar-refractivity contribution in [3.63, 3.8) is 0 Å². The smallest absolute Gasteiger partial charge is 0.218 e. The lowest BCUT2D eigenvalue weighted by atomic mass is 10.0. The molecule has 114 valence electrons. The van der Waals surface area contributed by atoms with Crippen molar-refractivity contribution in [1.82, 2.24) is 9.55 Å². The Balaban J connectivity index is 2.56. The van der Waals surface area contributed by atoms with E-state index in [0.717, 1.165) is 18.3 Å². The summed E-state index contributed by atoms with van der Waals surface area (Å²) in [5.74, 6) is -0.187. The Bertz CT molecular complexity index is 442. The molecule has 1 heterocycles. The van der Waals surface area contributed by atoms with Crippen molar-refractivity contribution in [2.24, 2.45) is 0 Å². The fourth-order valence-corrected chi connectivity index (χ4v) is 2.55. The minimum Gasteiger partial charge on any atom is -0.361 e. The summed E-state index contributed by atoms with van der Waals surface area (Å²) in [6.07, 6.45) is 3.36. The van der Waals surface area contributed by atoms with Crippen LogP contribution in [0.25, 0.3) is 0 Å². The molecule has 0 aromatic carbocycles. The highest BCUT2D eigenvalue weighted by Crippen LogP contribution is 2.20. The van der Waals surface area contributed by atoms with E-state index >= 15 is 0 Å². The minimum absolute atomic E-state index is 0.187. The second-order valence-electron chi connectivity index (χ2n) is 6.45. The first kappa shape index (κ1) is 16.8. The van der Waals surface area contributed by atoms with Crippen LogP contribution >= 0.6 is 0 Å². The lowest BCUT2D eigenvalue weighted by Gasteiger charge is -2.18. The first-order valence-electron chi connectivity index (χ1n) is 6.93. The Morgan fingerprint density at radius 1 is 1.45 bits per heavy atom. The van der Waals surface area contributed by atoms with E-state index in [1.807, 2.05) is 11.5 Å². The SMILES string of the molecule is CC(c1cncn1COCC[Si](C)(C)C)C(C)[N+](=O)[O-]. The van der Waals surface area contributed by atoms with Gasteiger partial charge < -0.3 is 9.30 Å². The molecule has 0 spiro atoms. The third kappa shape index (κ3) is 5.05. The monoisotopic (exact) mass is 299 g/mol. The Kier molecular flexibility index (Phi) is 5.88. The fraction of sp³-hybridized carbons (Fsp3) is 0.769. The van der Waals surface area contributed by atoms with Crippen LogP contribution in [0.1, 0.15) is 25.5 Å². The van der Waals surface area contributed by atoms with Crippen molar-refractivity contribution < 1.29 is 9.66 Å². The normalized spacial score (nSPS) is 15.1. The van der Waals surface area contributed by atoms with Gasteiger partial charge in [0.15, 0.2) is 0 Å². The van der Waals surface area contributed by atoms with E-state index in [1.54, 1.807) is 19.4 Å². The summed E-state index contributed by atoms with van der Waals surface area (Å²) in [4.78, 5) is 14.7. The van der Waals surface area contributed by atoms with Crippen molar-refractivity contribution in [2.75, 3.05) is 6.61 Å². The molecule has 0 saturated carbocycles. The largest absolute Gasteiger partial charge is 0.361 e. The van der Waals surface area contributed by atoms with Gasteiger partial charge in [-0.05, 0) is 6.04 Å².